The van der Waals surface area contributed by atoms with Gasteiger partial charge < -0.3 is 5.73 Å². The molecule has 1 aromatic carbocycles. The van der Waals surface area contributed by atoms with Crippen molar-refractivity contribution in [3.63, 3.8) is 0 Å². The molecule has 0 aliphatic heterocycles. The molecule has 5 heteroatoms. The fourth-order valence-corrected chi connectivity index (χ4v) is 3.06. The molecule has 2 nitrogen and oxygen atoms in total. The Morgan fingerprint density at radius 2 is 2.25 bits per heavy atom. The first-order valence-electron chi connectivity index (χ1n) is 4.85. The number of nitrogens with two attached hydrogens (primary N) is 1. The minimum absolute atomic E-state index is 0.218. The summed E-state index contributed by atoms with van der Waals surface area (Å²) >= 11 is 3.02. The van der Waals surface area contributed by atoms with Crippen LogP contribution in [0.1, 0.15) is 5.56 Å². The molecule has 2 rings (SSSR count). The van der Waals surface area contributed by atoms with Gasteiger partial charge in [-0.1, -0.05) is 11.8 Å². The second-order valence-corrected chi connectivity index (χ2v) is 5.45. The van der Waals surface area contributed by atoms with Gasteiger partial charge in [-0.25, -0.2) is 9.37 Å². The number of hydrogen-bond acceptors (Lipinski definition) is 4. The molecular formula is C11H11FN2S2. The summed E-state index contributed by atoms with van der Waals surface area (Å²) < 4.78 is 14.2. The average Bonchev–Trinajstić information content (AvgIpc) is 2.70. The fourth-order valence-electron chi connectivity index (χ4n) is 1.35. The summed E-state index contributed by atoms with van der Waals surface area (Å²) in [5.41, 5.74) is 6.39. The van der Waals surface area contributed by atoms with Crippen molar-refractivity contribution < 1.29 is 4.39 Å². The van der Waals surface area contributed by atoms with Crippen molar-refractivity contribution in [1.29, 1.82) is 0 Å². The van der Waals surface area contributed by atoms with E-state index in [1.165, 1.54) is 23.9 Å². The van der Waals surface area contributed by atoms with E-state index in [-0.39, 0.29) is 5.82 Å². The quantitative estimate of drug-likeness (QED) is 0.911. The van der Waals surface area contributed by atoms with Gasteiger partial charge in [-0.3, -0.25) is 0 Å². The molecule has 0 fully saturated rings. The van der Waals surface area contributed by atoms with Gasteiger partial charge >= 0.3 is 0 Å². The number of benzene rings is 1. The van der Waals surface area contributed by atoms with Gasteiger partial charge in [0, 0.05) is 16.5 Å². The lowest BCUT2D eigenvalue weighted by Gasteiger charge is -2.03. The van der Waals surface area contributed by atoms with E-state index >= 15 is 0 Å². The molecule has 1 heterocycles. The van der Waals surface area contributed by atoms with Gasteiger partial charge in [-0.2, -0.15) is 0 Å². The molecule has 0 aliphatic rings. The SMILES string of the molecule is NCCc1cc(F)cc(Sc2nccs2)c1. The molecule has 2 aromatic rings. The molecule has 0 spiro atoms. The van der Waals surface area contributed by atoms with Crippen LogP contribution in [0.15, 0.2) is 39.0 Å². The Morgan fingerprint density at radius 3 is 2.94 bits per heavy atom. The van der Waals surface area contributed by atoms with Gasteiger partial charge in [-0.05, 0) is 36.7 Å². The van der Waals surface area contributed by atoms with E-state index in [1.54, 1.807) is 17.5 Å². The zero-order valence-corrected chi connectivity index (χ0v) is 10.2. The molecule has 0 saturated heterocycles. The first-order chi connectivity index (χ1) is 7.78. The lowest BCUT2D eigenvalue weighted by Crippen LogP contribution is -2.02. The van der Waals surface area contributed by atoms with Crippen molar-refractivity contribution >= 4 is 23.1 Å². The molecule has 0 aliphatic carbocycles. The zero-order chi connectivity index (χ0) is 11.4. The van der Waals surface area contributed by atoms with Crippen molar-refractivity contribution in [3.8, 4) is 0 Å². The monoisotopic (exact) mass is 254 g/mol. The lowest BCUT2D eigenvalue weighted by atomic mass is 10.1. The molecule has 0 bridgehead atoms. The van der Waals surface area contributed by atoms with Crippen LogP contribution in [0.2, 0.25) is 0 Å². The minimum Gasteiger partial charge on any atom is -0.330 e. The third-order valence-corrected chi connectivity index (χ3v) is 3.83. The maximum Gasteiger partial charge on any atom is 0.154 e. The summed E-state index contributed by atoms with van der Waals surface area (Å²) in [5.74, 6) is -0.218. The predicted molar refractivity (Wildman–Crippen MR) is 65.4 cm³/mol. The topological polar surface area (TPSA) is 38.9 Å². The minimum atomic E-state index is -0.218. The molecule has 84 valence electrons. The Bertz CT molecular complexity index is 457. The van der Waals surface area contributed by atoms with Gasteiger partial charge in [0.25, 0.3) is 0 Å². The number of aromatic nitrogens is 1. The van der Waals surface area contributed by atoms with Crippen LogP contribution in [0.25, 0.3) is 0 Å². The van der Waals surface area contributed by atoms with Gasteiger partial charge in [0.15, 0.2) is 4.34 Å². The van der Waals surface area contributed by atoms with Gasteiger partial charge in [0.2, 0.25) is 0 Å². The Balaban J connectivity index is 2.20. The van der Waals surface area contributed by atoms with E-state index in [4.69, 9.17) is 5.73 Å². The molecule has 0 saturated carbocycles. The summed E-state index contributed by atoms with van der Waals surface area (Å²) in [6.07, 6.45) is 2.44. The molecule has 2 N–H and O–H groups in total. The first-order valence-corrected chi connectivity index (χ1v) is 6.54. The van der Waals surface area contributed by atoms with Crippen LogP contribution in [0.4, 0.5) is 4.39 Å². The van der Waals surface area contributed by atoms with Crippen LogP contribution in [0, 0.1) is 5.82 Å². The van der Waals surface area contributed by atoms with Crippen LogP contribution >= 0.6 is 23.1 Å². The van der Waals surface area contributed by atoms with Crippen LogP contribution in [-0.4, -0.2) is 11.5 Å². The summed E-state index contributed by atoms with van der Waals surface area (Å²) in [4.78, 5) is 5.02. The normalized spacial score (nSPS) is 10.6. The summed E-state index contributed by atoms with van der Waals surface area (Å²) in [5, 5.41) is 1.91. The summed E-state index contributed by atoms with van der Waals surface area (Å²) in [6, 6.07) is 5.01. The predicted octanol–water partition coefficient (Wildman–Crippen LogP) is 2.93. The Morgan fingerprint density at radius 1 is 1.38 bits per heavy atom. The van der Waals surface area contributed by atoms with Crippen molar-refractivity contribution in [2.75, 3.05) is 6.54 Å². The smallest absolute Gasteiger partial charge is 0.154 e. The Hall–Kier alpha value is -0.910. The molecule has 0 amide bonds. The third kappa shape index (κ3) is 3.04. The van der Waals surface area contributed by atoms with Crippen molar-refractivity contribution in [3.05, 3.63) is 41.2 Å². The van der Waals surface area contributed by atoms with Crippen molar-refractivity contribution in [1.82, 2.24) is 4.98 Å². The van der Waals surface area contributed by atoms with Crippen molar-refractivity contribution in [2.24, 2.45) is 5.73 Å². The maximum atomic E-state index is 13.3. The molecule has 0 radical (unpaired) electrons. The highest BCUT2D eigenvalue weighted by Crippen LogP contribution is 2.30. The second kappa shape index (κ2) is 5.43. The highest BCUT2D eigenvalue weighted by atomic mass is 32.2. The van der Waals surface area contributed by atoms with E-state index in [2.05, 4.69) is 4.98 Å². The highest BCUT2D eigenvalue weighted by molar-refractivity contribution is 8.01. The van der Waals surface area contributed by atoms with E-state index in [0.717, 1.165) is 14.8 Å². The molecule has 1 aromatic heterocycles. The fraction of sp³-hybridized carbons (Fsp3) is 0.182. The van der Waals surface area contributed by atoms with Crippen molar-refractivity contribution in [2.45, 2.75) is 15.7 Å². The molecule has 16 heavy (non-hydrogen) atoms. The number of nitrogens with zero attached hydrogens (tertiary/aromatic N) is 1. The van der Waals surface area contributed by atoms with E-state index in [9.17, 15) is 4.39 Å². The summed E-state index contributed by atoms with van der Waals surface area (Å²) in [6.45, 7) is 0.533. The van der Waals surface area contributed by atoms with Gasteiger partial charge in [-0.15, -0.1) is 11.3 Å². The van der Waals surface area contributed by atoms with Crippen LogP contribution < -0.4 is 5.73 Å². The van der Waals surface area contributed by atoms with Crippen LogP contribution in [0.5, 0.6) is 0 Å². The Labute approximate surface area is 102 Å². The molecule has 0 atom stereocenters. The third-order valence-electron chi connectivity index (χ3n) is 1.98. The average molecular weight is 254 g/mol. The van der Waals surface area contributed by atoms with E-state index in [1.807, 2.05) is 11.4 Å². The van der Waals surface area contributed by atoms with E-state index < -0.39 is 0 Å². The number of hydrogen-bond donors (Lipinski definition) is 1. The maximum absolute atomic E-state index is 13.3. The highest BCUT2D eigenvalue weighted by Gasteiger charge is 2.04. The molecular weight excluding hydrogens is 243 g/mol. The van der Waals surface area contributed by atoms with E-state index in [0.29, 0.717) is 13.0 Å². The number of halogens is 1. The first kappa shape index (κ1) is 11.6. The van der Waals surface area contributed by atoms with Gasteiger partial charge in [0.05, 0.1) is 0 Å². The number of thiazole rings is 1. The van der Waals surface area contributed by atoms with Gasteiger partial charge in [0.1, 0.15) is 5.82 Å². The largest absolute Gasteiger partial charge is 0.330 e. The Kier molecular flexibility index (Phi) is 3.93. The number of rotatable bonds is 4. The van der Waals surface area contributed by atoms with Crippen LogP contribution in [-0.2, 0) is 6.42 Å². The molecule has 0 unspecified atom stereocenters. The zero-order valence-electron chi connectivity index (χ0n) is 8.52. The lowest BCUT2D eigenvalue weighted by molar-refractivity contribution is 0.621. The second-order valence-electron chi connectivity index (χ2n) is 3.23. The standard InChI is InChI=1S/C11H11FN2S2/c12-9-5-8(1-2-13)6-10(7-9)16-11-14-3-4-15-11/h3-7H,1-2,13H2. The van der Waals surface area contributed by atoms with Crippen LogP contribution in [0.3, 0.4) is 0 Å². The summed E-state index contributed by atoms with van der Waals surface area (Å²) in [7, 11) is 0.